The molecule has 0 saturated carbocycles. The van der Waals surface area contributed by atoms with Crippen molar-refractivity contribution in [2.75, 3.05) is 0 Å². The molecule has 3 aromatic rings. The SMILES string of the molecule is Cn1ccnc1Sc1ncnc2occc12. The van der Waals surface area contributed by atoms with Crippen LogP contribution in [0.2, 0.25) is 0 Å². The molecule has 3 heterocycles. The zero-order chi connectivity index (χ0) is 11.0. The lowest BCUT2D eigenvalue weighted by Gasteiger charge is -2.00. The van der Waals surface area contributed by atoms with Crippen molar-refractivity contribution in [1.29, 1.82) is 0 Å². The van der Waals surface area contributed by atoms with E-state index in [0.29, 0.717) is 5.71 Å². The second kappa shape index (κ2) is 3.64. The molecule has 80 valence electrons. The molecule has 0 saturated heterocycles. The van der Waals surface area contributed by atoms with Crippen molar-refractivity contribution in [1.82, 2.24) is 19.5 Å². The topological polar surface area (TPSA) is 56.7 Å². The summed E-state index contributed by atoms with van der Waals surface area (Å²) in [6, 6.07) is 1.86. The predicted octanol–water partition coefficient (Wildman–Crippen LogP) is 2.11. The summed E-state index contributed by atoms with van der Waals surface area (Å²) < 4.78 is 7.16. The summed E-state index contributed by atoms with van der Waals surface area (Å²) in [5.41, 5.74) is 0.603. The number of hydrogen-bond donors (Lipinski definition) is 0. The Morgan fingerprint density at radius 2 is 2.25 bits per heavy atom. The third-order valence-corrected chi connectivity index (χ3v) is 3.28. The van der Waals surface area contributed by atoms with E-state index in [2.05, 4.69) is 15.0 Å². The van der Waals surface area contributed by atoms with Crippen LogP contribution in [0.15, 0.2) is 45.7 Å². The maximum absolute atomic E-state index is 5.22. The largest absolute Gasteiger partial charge is 0.446 e. The van der Waals surface area contributed by atoms with Gasteiger partial charge in [0.2, 0.25) is 5.71 Å². The maximum atomic E-state index is 5.22. The van der Waals surface area contributed by atoms with Gasteiger partial charge in [-0.2, -0.15) is 0 Å². The molecule has 0 amide bonds. The van der Waals surface area contributed by atoms with Gasteiger partial charge in [0.05, 0.1) is 11.6 Å². The number of furan rings is 1. The Morgan fingerprint density at radius 3 is 3.06 bits per heavy atom. The first-order chi connectivity index (χ1) is 7.84. The molecule has 0 aliphatic carbocycles. The van der Waals surface area contributed by atoms with E-state index in [9.17, 15) is 0 Å². The lowest BCUT2D eigenvalue weighted by atomic mass is 10.4. The maximum Gasteiger partial charge on any atom is 0.230 e. The molecule has 0 radical (unpaired) electrons. The van der Waals surface area contributed by atoms with Gasteiger partial charge in [0, 0.05) is 19.4 Å². The minimum atomic E-state index is 0.603. The lowest BCUT2D eigenvalue weighted by molar-refractivity contribution is 0.601. The highest BCUT2D eigenvalue weighted by Gasteiger charge is 2.09. The number of fused-ring (bicyclic) bond motifs is 1. The van der Waals surface area contributed by atoms with Gasteiger partial charge in [-0.25, -0.2) is 15.0 Å². The van der Waals surface area contributed by atoms with Gasteiger partial charge in [-0.15, -0.1) is 0 Å². The van der Waals surface area contributed by atoms with E-state index in [0.717, 1.165) is 15.6 Å². The van der Waals surface area contributed by atoms with Crippen molar-refractivity contribution >= 4 is 22.9 Å². The third kappa shape index (κ3) is 1.47. The molecule has 0 atom stereocenters. The zero-order valence-corrected chi connectivity index (χ0v) is 9.31. The number of rotatable bonds is 2. The summed E-state index contributed by atoms with van der Waals surface area (Å²) in [5, 5.41) is 2.66. The summed E-state index contributed by atoms with van der Waals surface area (Å²) in [5.74, 6) is 0. The van der Waals surface area contributed by atoms with Gasteiger partial charge >= 0.3 is 0 Å². The molecule has 0 bridgehead atoms. The quantitative estimate of drug-likeness (QED) is 0.633. The number of nitrogens with zero attached hydrogens (tertiary/aromatic N) is 4. The highest BCUT2D eigenvalue weighted by molar-refractivity contribution is 7.99. The van der Waals surface area contributed by atoms with E-state index in [1.165, 1.54) is 18.1 Å². The number of hydrogen-bond acceptors (Lipinski definition) is 5. The first kappa shape index (κ1) is 9.41. The fourth-order valence-corrected chi connectivity index (χ4v) is 2.24. The van der Waals surface area contributed by atoms with E-state index in [4.69, 9.17) is 4.42 Å². The van der Waals surface area contributed by atoms with E-state index in [-0.39, 0.29) is 0 Å². The van der Waals surface area contributed by atoms with E-state index >= 15 is 0 Å². The Morgan fingerprint density at radius 1 is 1.31 bits per heavy atom. The van der Waals surface area contributed by atoms with Crippen LogP contribution in [0, 0.1) is 0 Å². The summed E-state index contributed by atoms with van der Waals surface area (Å²) in [7, 11) is 1.95. The lowest BCUT2D eigenvalue weighted by Crippen LogP contribution is -1.90. The molecule has 0 aromatic carbocycles. The van der Waals surface area contributed by atoms with Gasteiger partial charge in [0.15, 0.2) is 5.16 Å². The molecule has 3 aromatic heterocycles. The average molecular weight is 232 g/mol. The number of aryl methyl sites for hydroxylation is 1. The van der Waals surface area contributed by atoms with E-state index in [1.54, 1.807) is 12.5 Å². The standard InChI is InChI=1S/C10H8N4OS/c1-14-4-3-11-10(14)16-9-7-2-5-15-8(7)12-6-13-9/h2-6H,1H3. The fraction of sp³-hybridized carbons (Fsp3) is 0.100. The van der Waals surface area contributed by atoms with Gasteiger partial charge < -0.3 is 8.98 Å². The van der Waals surface area contributed by atoms with Crippen LogP contribution in [-0.2, 0) is 7.05 Å². The monoisotopic (exact) mass is 232 g/mol. The summed E-state index contributed by atoms with van der Waals surface area (Å²) in [6.07, 6.45) is 6.77. The zero-order valence-electron chi connectivity index (χ0n) is 8.49. The summed E-state index contributed by atoms with van der Waals surface area (Å²) in [6.45, 7) is 0. The van der Waals surface area contributed by atoms with Crippen molar-refractivity contribution in [3.05, 3.63) is 31.1 Å². The van der Waals surface area contributed by atoms with Gasteiger partial charge in [-0.3, -0.25) is 0 Å². The molecule has 0 unspecified atom stereocenters. The third-order valence-electron chi connectivity index (χ3n) is 2.19. The van der Waals surface area contributed by atoms with Gasteiger partial charge in [0.1, 0.15) is 11.4 Å². The average Bonchev–Trinajstić information content (AvgIpc) is 2.89. The molecule has 0 aliphatic rings. The first-order valence-corrected chi connectivity index (χ1v) is 5.49. The summed E-state index contributed by atoms with van der Waals surface area (Å²) >= 11 is 1.50. The Bertz CT molecular complexity index is 630. The van der Waals surface area contributed by atoms with Gasteiger partial charge in [-0.1, -0.05) is 0 Å². The fourth-order valence-electron chi connectivity index (χ4n) is 1.39. The van der Waals surface area contributed by atoms with Crippen LogP contribution in [0.4, 0.5) is 0 Å². The van der Waals surface area contributed by atoms with Crippen LogP contribution >= 0.6 is 11.8 Å². The van der Waals surface area contributed by atoms with Gasteiger partial charge in [-0.05, 0) is 17.8 Å². The molecule has 0 fully saturated rings. The molecule has 0 aliphatic heterocycles. The minimum absolute atomic E-state index is 0.603. The van der Waals surface area contributed by atoms with Crippen LogP contribution in [0.5, 0.6) is 0 Å². The number of imidazole rings is 1. The Kier molecular flexibility index (Phi) is 2.14. The van der Waals surface area contributed by atoms with Crippen molar-refractivity contribution in [2.45, 2.75) is 10.2 Å². The Balaban J connectivity index is 2.07. The van der Waals surface area contributed by atoms with Crippen LogP contribution in [0.25, 0.3) is 11.1 Å². The van der Waals surface area contributed by atoms with Crippen LogP contribution in [0.1, 0.15) is 0 Å². The first-order valence-electron chi connectivity index (χ1n) is 4.68. The van der Waals surface area contributed by atoms with Crippen molar-refractivity contribution in [3.8, 4) is 0 Å². The van der Waals surface area contributed by atoms with Crippen molar-refractivity contribution in [3.63, 3.8) is 0 Å². The molecule has 0 N–H and O–H groups in total. The van der Waals surface area contributed by atoms with Crippen molar-refractivity contribution in [2.24, 2.45) is 7.05 Å². The predicted molar refractivity (Wildman–Crippen MR) is 59.1 cm³/mol. The minimum Gasteiger partial charge on any atom is -0.446 e. The Hall–Kier alpha value is -1.82. The second-order valence-corrected chi connectivity index (χ2v) is 4.20. The Labute approximate surface area is 95.5 Å². The normalized spacial score (nSPS) is 11.1. The van der Waals surface area contributed by atoms with Crippen LogP contribution in [-0.4, -0.2) is 19.5 Å². The van der Waals surface area contributed by atoms with E-state index in [1.807, 2.05) is 23.9 Å². The van der Waals surface area contributed by atoms with Crippen molar-refractivity contribution < 1.29 is 4.42 Å². The van der Waals surface area contributed by atoms with Crippen LogP contribution in [0.3, 0.4) is 0 Å². The molecule has 5 nitrogen and oxygen atoms in total. The molecular formula is C10H8N4OS. The molecule has 0 spiro atoms. The highest BCUT2D eigenvalue weighted by Crippen LogP contribution is 2.29. The molecule has 6 heteroatoms. The molecule has 3 rings (SSSR count). The molecular weight excluding hydrogens is 224 g/mol. The van der Waals surface area contributed by atoms with Crippen LogP contribution < -0.4 is 0 Å². The smallest absolute Gasteiger partial charge is 0.230 e. The van der Waals surface area contributed by atoms with E-state index < -0.39 is 0 Å². The highest BCUT2D eigenvalue weighted by atomic mass is 32.2. The number of aromatic nitrogens is 4. The molecule has 16 heavy (non-hydrogen) atoms. The summed E-state index contributed by atoms with van der Waals surface area (Å²) in [4.78, 5) is 12.5. The second-order valence-electron chi connectivity index (χ2n) is 3.24. The van der Waals surface area contributed by atoms with Gasteiger partial charge in [0.25, 0.3) is 0 Å².